The van der Waals surface area contributed by atoms with Crippen LogP contribution in [0.15, 0.2) is 60.7 Å². The predicted molar refractivity (Wildman–Crippen MR) is 242 cm³/mol. The first-order valence-electron chi connectivity index (χ1n) is 21.8. The molecule has 0 aromatic heterocycles. The first-order chi connectivity index (χ1) is 29.6. The summed E-state index contributed by atoms with van der Waals surface area (Å²) in [5.74, 6) is -3.16. The highest BCUT2D eigenvalue weighted by Crippen LogP contribution is 2.13. The standard InChI is InChI=1S/C48H74N4O12/c1-45(2,3)61-41(55)31-49(25-27-51(33-43(57)63-47(7,8)9)29-39(53)59-35-37-19-15-13-16-20-37)23-24-50(32-42(56)62-46(4,5)6)26-28-52(34-44(58)64-48(10,11)12)30-40(54)60-36-38-21-17-14-18-22-38/h13-22H,23-36H2,1-12H3. The Balaban J connectivity index is 2.35. The summed E-state index contributed by atoms with van der Waals surface area (Å²) >= 11 is 0. The fraction of sp³-hybridized carbons (Fsp3) is 0.625. The van der Waals surface area contributed by atoms with E-state index in [1.807, 2.05) is 70.5 Å². The van der Waals surface area contributed by atoms with Gasteiger partial charge < -0.3 is 28.4 Å². The highest BCUT2D eigenvalue weighted by molar-refractivity contribution is 5.76. The smallest absolute Gasteiger partial charge is 0.320 e. The van der Waals surface area contributed by atoms with E-state index in [1.54, 1.807) is 92.9 Å². The molecule has 0 N–H and O–H groups in total. The second-order valence-corrected chi connectivity index (χ2v) is 19.6. The quantitative estimate of drug-likeness (QED) is 0.0958. The lowest BCUT2D eigenvalue weighted by Gasteiger charge is -2.31. The number of carbonyl (C=O) groups excluding carboxylic acids is 6. The van der Waals surface area contributed by atoms with Crippen LogP contribution in [0.5, 0.6) is 0 Å². The molecule has 0 aliphatic heterocycles. The molecule has 0 aliphatic rings. The van der Waals surface area contributed by atoms with Crippen molar-refractivity contribution in [3.8, 4) is 0 Å². The second-order valence-electron chi connectivity index (χ2n) is 19.6. The molecule has 0 aliphatic carbocycles. The van der Waals surface area contributed by atoms with Gasteiger partial charge >= 0.3 is 35.8 Å². The van der Waals surface area contributed by atoms with Crippen LogP contribution in [0.3, 0.4) is 0 Å². The van der Waals surface area contributed by atoms with Crippen molar-refractivity contribution in [1.29, 1.82) is 0 Å². The summed E-state index contributed by atoms with van der Waals surface area (Å²) in [6.45, 7) is 21.2. The van der Waals surface area contributed by atoms with Crippen molar-refractivity contribution in [1.82, 2.24) is 19.6 Å². The van der Waals surface area contributed by atoms with Crippen LogP contribution in [0.1, 0.15) is 94.2 Å². The van der Waals surface area contributed by atoms with Crippen molar-refractivity contribution in [2.24, 2.45) is 0 Å². The molecular weight excluding hydrogens is 825 g/mol. The minimum absolute atomic E-state index is 0.0578. The molecule has 0 amide bonds. The summed E-state index contributed by atoms with van der Waals surface area (Å²) in [4.78, 5) is 85.7. The Morgan fingerprint density at radius 3 is 0.812 bits per heavy atom. The van der Waals surface area contributed by atoms with E-state index in [0.717, 1.165) is 11.1 Å². The monoisotopic (exact) mass is 899 g/mol. The number of esters is 6. The van der Waals surface area contributed by atoms with E-state index in [-0.39, 0.29) is 91.8 Å². The summed E-state index contributed by atoms with van der Waals surface area (Å²) in [5.41, 5.74) is -1.44. The number of benzene rings is 2. The number of carbonyl (C=O) groups is 6. The highest BCUT2D eigenvalue weighted by atomic mass is 16.6. The van der Waals surface area contributed by atoms with Crippen molar-refractivity contribution in [3.63, 3.8) is 0 Å². The van der Waals surface area contributed by atoms with Gasteiger partial charge in [0.05, 0.1) is 39.3 Å². The first-order valence-corrected chi connectivity index (χ1v) is 21.8. The highest BCUT2D eigenvalue weighted by Gasteiger charge is 2.27. The van der Waals surface area contributed by atoms with Crippen LogP contribution < -0.4 is 0 Å². The van der Waals surface area contributed by atoms with Crippen LogP contribution in [0.2, 0.25) is 0 Å². The molecule has 0 spiro atoms. The molecule has 0 fully saturated rings. The van der Waals surface area contributed by atoms with E-state index in [4.69, 9.17) is 28.4 Å². The normalized spacial score (nSPS) is 12.3. The van der Waals surface area contributed by atoms with Crippen LogP contribution in [0, 0.1) is 0 Å². The van der Waals surface area contributed by atoms with E-state index in [9.17, 15) is 28.8 Å². The van der Waals surface area contributed by atoms with E-state index in [0.29, 0.717) is 0 Å². The maximum Gasteiger partial charge on any atom is 0.320 e. The number of hydrogen-bond donors (Lipinski definition) is 0. The molecule has 0 radical (unpaired) electrons. The van der Waals surface area contributed by atoms with Gasteiger partial charge in [0.15, 0.2) is 0 Å². The first kappa shape index (κ1) is 55.2. The Kier molecular flexibility index (Phi) is 22.6. The molecule has 0 saturated carbocycles. The lowest BCUT2D eigenvalue weighted by atomic mass is 10.2. The summed E-state index contributed by atoms with van der Waals surface area (Å²) in [5, 5.41) is 0. The summed E-state index contributed by atoms with van der Waals surface area (Å²) in [7, 11) is 0. The van der Waals surface area contributed by atoms with Crippen LogP contribution in [-0.4, -0.2) is 156 Å². The molecule has 0 bridgehead atoms. The fourth-order valence-corrected chi connectivity index (χ4v) is 5.97. The zero-order chi connectivity index (χ0) is 48.1. The van der Waals surface area contributed by atoms with E-state index in [2.05, 4.69) is 0 Å². The maximum atomic E-state index is 13.3. The number of hydrogen-bond acceptors (Lipinski definition) is 16. The van der Waals surface area contributed by atoms with Crippen molar-refractivity contribution in [3.05, 3.63) is 71.8 Å². The fourth-order valence-electron chi connectivity index (χ4n) is 5.97. The molecule has 2 aromatic carbocycles. The third kappa shape index (κ3) is 28.0. The number of rotatable bonds is 25. The maximum absolute atomic E-state index is 13.3. The molecule has 0 unspecified atom stereocenters. The summed E-state index contributed by atoms with van der Waals surface area (Å²) < 4.78 is 33.6. The van der Waals surface area contributed by atoms with Gasteiger partial charge in [-0.05, 0) is 94.2 Å². The Morgan fingerprint density at radius 2 is 0.562 bits per heavy atom. The van der Waals surface area contributed by atoms with Gasteiger partial charge in [-0.25, -0.2) is 0 Å². The van der Waals surface area contributed by atoms with Gasteiger partial charge in [0, 0.05) is 39.3 Å². The number of ether oxygens (including phenoxy) is 6. The Labute approximate surface area is 380 Å². The summed E-state index contributed by atoms with van der Waals surface area (Å²) in [6.07, 6.45) is 0. The average Bonchev–Trinajstić information content (AvgIpc) is 3.13. The van der Waals surface area contributed by atoms with Crippen LogP contribution >= 0.6 is 0 Å². The van der Waals surface area contributed by atoms with E-state index in [1.165, 1.54) is 0 Å². The van der Waals surface area contributed by atoms with E-state index < -0.39 is 58.2 Å². The van der Waals surface area contributed by atoms with Gasteiger partial charge in [0.1, 0.15) is 35.6 Å². The van der Waals surface area contributed by atoms with Gasteiger partial charge in [0.25, 0.3) is 0 Å². The molecule has 0 heterocycles. The topological polar surface area (TPSA) is 171 Å². The lowest BCUT2D eigenvalue weighted by molar-refractivity contribution is -0.160. The van der Waals surface area contributed by atoms with Crippen molar-refractivity contribution in [2.45, 2.75) is 119 Å². The zero-order valence-electron chi connectivity index (χ0n) is 40.4. The molecular formula is C48H74N4O12. The summed E-state index contributed by atoms with van der Waals surface area (Å²) in [6, 6.07) is 18.5. The van der Waals surface area contributed by atoms with Gasteiger partial charge in [-0.2, -0.15) is 0 Å². The molecule has 64 heavy (non-hydrogen) atoms. The predicted octanol–water partition coefficient (Wildman–Crippen LogP) is 5.05. The lowest BCUT2D eigenvalue weighted by Crippen LogP contribution is -2.48. The number of nitrogens with zero attached hydrogens (tertiary/aromatic N) is 4. The Morgan fingerprint density at radius 1 is 0.344 bits per heavy atom. The molecule has 0 atom stereocenters. The van der Waals surface area contributed by atoms with E-state index >= 15 is 0 Å². The molecule has 0 saturated heterocycles. The Hall–Kier alpha value is -4.90. The molecule has 358 valence electrons. The van der Waals surface area contributed by atoms with Crippen molar-refractivity contribution in [2.75, 3.05) is 78.5 Å². The van der Waals surface area contributed by atoms with Crippen molar-refractivity contribution < 1.29 is 57.2 Å². The van der Waals surface area contributed by atoms with Crippen LogP contribution in [0.4, 0.5) is 0 Å². The largest absolute Gasteiger partial charge is 0.460 e. The second kappa shape index (κ2) is 26.2. The van der Waals surface area contributed by atoms with Crippen molar-refractivity contribution >= 4 is 35.8 Å². The minimum Gasteiger partial charge on any atom is -0.460 e. The van der Waals surface area contributed by atoms with Gasteiger partial charge in [-0.15, -0.1) is 0 Å². The van der Waals surface area contributed by atoms with Gasteiger partial charge in [-0.3, -0.25) is 48.4 Å². The molecule has 16 nitrogen and oxygen atoms in total. The molecule has 2 rings (SSSR count). The minimum atomic E-state index is -0.767. The van der Waals surface area contributed by atoms with Crippen LogP contribution in [0.25, 0.3) is 0 Å². The molecule has 16 heteroatoms. The SMILES string of the molecule is CC(C)(C)OC(=O)CN(CCN(CCN(CC(=O)OCc1ccccc1)CC(=O)OC(C)(C)C)CC(=O)OC(C)(C)C)CCN(CC(=O)OCc1ccccc1)CC(=O)OC(C)(C)C. The van der Waals surface area contributed by atoms with Gasteiger partial charge in [0.2, 0.25) is 0 Å². The molecule has 2 aromatic rings. The van der Waals surface area contributed by atoms with Crippen LogP contribution in [-0.2, 0) is 70.4 Å². The average molecular weight is 899 g/mol. The Bertz CT molecular complexity index is 1630. The third-order valence-corrected chi connectivity index (χ3v) is 8.48. The third-order valence-electron chi connectivity index (χ3n) is 8.48. The zero-order valence-corrected chi connectivity index (χ0v) is 40.4. The van der Waals surface area contributed by atoms with Gasteiger partial charge in [-0.1, -0.05) is 60.7 Å².